The topological polar surface area (TPSA) is 59.8 Å². The van der Waals surface area contributed by atoms with E-state index in [9.17, 15) is 4.79 Å². The number of carbonyl (C=O) groups excluding carboxylic acids is 1. The number of hydrogen-bond donors (Lipinski definition) is 1. The number of para-hydroxylation sites is 1. The molecule has 0 radical (unpaired) electrons. The standard InChI is InChI=1S/C15H9IN4O/c16-20-14-9-5-1-2-6-10(9)15(21)17-12-8-4-3-7-11(12)13(14)18-19-20/h1-8H,(H,17,21). The first-order valence-electron chi connectivity index (χ1n) is 6.38. The van der Waals surface area contributed by atoms with Gasteiger partial charge in [0.2, 0.25) is 0 Å². The van der Waals surface area contributed by atoms with E-state index in [1.165, 1.54) is 0 Å². The van der Waals surface area contributed by atoms with E-state index in [0.717, 1.165) is 28.2 Å². The molecule has 1 aromatic heterocycles. The van der Waals surface area contributed by atoms with E-state index in [0.29, 0.717) is 5.56 Å². The minimum atomic E-state index is -0.124. The van der Waals surface area contributed by atoms with Crippen LogP contribution in [0.4, 0.5) is 5.69 Å². The number of nitrogens with zero attached hydrogens (tertiary/aromatic N) is 3. The van der Waals surface area contributed by atoms with Gasteiger partial charge in [-0.25, -0.2) is 0 Å². The Hall–Kier alpha value is -2.22. The number of aromatic nitrogens is 3. The van der Waals surface area contributed by atoms with Crippen LogP contribution in [0.1, 0.15) is 10.4 Å². The van der Waals surface area contributed by atoms with Crippen LogP contribution in [0, 0.1) is 0 Å². The van der Waals surface area contributed by atoms with Gasteiger partial charge in [-0.2, -0.15) is 2.90 Å². The van der Waals surface area contributed by atoms with Gasteiger partial charge in [0.25, 0.3) is 5.91 Å². The highest BCUT2D eigenvalue weighted by molar-refractivity contribution is 14.1. The van der Waals surface area contributed by atoms with Crippen molar-refractivity contribution in [1.29, 1.82) is 0 Å². The van der Waals surface area contributed by atoms with Crippen LogP contribution in [0.15, 0.2) is 48.5 Å². The van der Waals surface area contributed by atoms with Crippen LogP contribution in [0.2, 0.25) is 0 Å². The Balaban J connectivity index is 2.13. The van der Waals surface area contributed by atoms with Crippen molar-refractivity contribution >= 4 is 34.5 Å². The van der Waals surface area contributed by atoms with Crippen LogP contribution in [-0.4, -0.2) is 19.1 Å². The van der Waals surface area contributed by atoms with E-state index < -0.39 is 0 Å². The molecule has 2 aromatic carbocycles. The Labute approximate surface area is 134 Å². The van der Waals surface area contributed by atoms with Gasteiger partial charge in [-0.1, -0.05) is 41.6 Å². The van der Waals surface area contributed by atoms with Gasteiger partial charge in [-0.3, -0.25) is 4.79 Å². The molecule has 1 aliphatic rings. The minimum absolute atomic E-state index is 0.124. The highest BCUT2D eigenvalue weighted by Gasteiger charge is 2.25. The number of rotatable bonds is 0. The minimum Gasteiger partial charge on any atom is -0.321 e. The molecule has 2 heterocycles. The van der Waals surface area contributed by atoms with E-state index in [-0.39, 0.29) is 5.91 Å². The third-order valence-electron chi connectivity index (χ3n) is 3.49. The Morgan fingerprint density at radius 2 is 1.62 bits per heavy atom. The Morgan fingerprint density at radius 1 is 0.952 bits per heavy atom. The van der Waals surface area contributed by atoms with Gasteiger partial charge in [-0.15, -0.1) is 5.10 Å². The van der Waals surface area contributed by atoms with E-state index in [1.807, 2.05) is 48.5 Å². The summed E-state index contributed by atoms with van der Waals surface area (Å²) in [5.74, 6) is -0.124. The first-order valence-corrected chi connectivity index (χ1v) is 7.34. The van der Waals surface area contributed by atoms with Crippen LogP contribution in [0.3, 0.4) is 0 Å². The predicted molar refractivity (Wildman–Crippen MR) is 88.3 cm³/mol. The molecule has 1 aliphatic heterocycles. The summed E-state index contributed by atoms with van der Waals surface area (Å²) < 4.78 is 1.68. The van der Waals surface area contributed by atoms with Crippen molar-refractivity contribution in [2.75, 3.05) is 5.32 Å². The lowest BCUT2D eigenvalue weighted by Crippen LogP contribution is -2.16. The quantitative estimate of drug-likeness (QED) is 0.601. The molecule has 3 aromatic rings. The predicted octanol–water partition coefficient (Wildman–Crippen LogP) is 3.38. The third-order valence-corrected chi connectivity index (χ3v) is 4.16. The fourth-order valence-electron chi connectivity index (χ4n) is 2.55. The summed E-state index contributed by atoms with van der Waals surface area (Å²) in [5, 5.41) is 11.3. The summed E-state index contributed by atoms with van der Waals surface area (Å²) in [4.78, 5) is 12.5. The highest BCUT2D eigenvalue weighted by atomic mass is 127. The molecule has 5 nitrogen and oxygen atoms in total. The molecule has 1 N–H and O–H groups in total. The number of hydrogen-bond acceptors (Lipinski definition) is 3. The van der Waals surface area contributed by atoms with Crippen LogP contribution in [-0.2, 0) is 0 Å². The largest absolute Gasteiger partial charge is 0.321 e. The van der Waals surface area contributed by atoms with Crippen LogP contribution in [0.25, 0.3) is 22.5 Å². The van der Waals surface area contributed by atoms with Crippen molar-refractivity contribution in [3.63, 3.8) is 0 Å². The zero-order valence-corrected chi connectivity index (χ0v) is 12.9. The van der Waals surface area contributed by atoms with Crippen molar-refractivity contribution in [1.82, 2.24) is 13.2 Å². The molecule has 21 heavy (non-hydrogen) atoms. The number of carbonyl (C=O) groups is 1. The SMILES string of the molecule is O=C1Nc2ccccc2-c2nnn(I)c2-c2ccccc21. The summed E-state index contributed by atoms with van der Waals surface area (Å²) in [5.41, 5.74) is 4.68. The van der Waals surface area contributed by atoms with Gasteiger partial charge < -0.3 is 5.32 Å². The maximum atomic E-state index is 12.5. The Morgan fingerprint density at radius 3 is 2.43 bits per heavy atom. The van der Waals surface area contributed by atoms with Gasteiger partial charge in [0.05, 0.1) is 28.6 Å². The van der Waals surface area contributed by atoms with Gasteiger partial charge in [0.1, 0.15) is 11.4 Å². The second-order valence-electron chi connectivity index (χ2n) is 4.69. The van der Waals surface area contributed by atoms with Crippen molar-refractivity contribution in [3.05, 3.63) is 54.1 Å². The third kappa shape index (κ3) is 1.86. The highest BCUT2D eigenvalue weighted by Crippen LogP contribution is 2.38. The molecule has 0 aliphatic carbocycles. The number of anilines is 1. The summed E-state index contributed by atoms with van der Waals surface area (Å²) in [6.45, 7) is 0. The molecular formula is C15H9IN4O. The van der Waals surface area contributed by atoms with Crippen molar-refractivity contribution in [2.45, 2.75) is 0 Å². The van der Waals surface area contributed by atoms with Crippen molar-refractivity contribution in [2.24, 2.45) is 0 Å². The molecule has 1 amide bonds. The van der Waals surface area contributed by atoms with Crippen molar-refractivity contribution < 1.29 is 4.79 Å². The molecule has 0 bridgehead atoms. The number of halogens is 1. The second-order valence-corrected chi connectivity index (χ2v) is 5.61. The Kier molecular flexibility index (Phi) is 2.78. The molecule has 0 unspecified atom stereocenters. The zero-order valence-electron chi connectivity index (χ0n) is 10.7. The van der Waals surface area contributed by atoms with Crippen LogP contribution in [0.5, 0.6) is 0 Å². The maximum Gasteiger partial charge on any atom is 0.256 e. The van der Waals surface area contributed by atoms with Gasteiger partial charge in [0, 0.05) is 16.7 Å². The molecule has 4 rings (SSSR count). The van der Waals surface area contributed by atoms with Gasteiger partial charge in [0.15, 0.2) is 0 Å². The van der Waals surface area contributed by atoms with Crippen LogP contribution >= 0.6 is 22.9 Å². The summed E-state index contributed by atoms with van der Waals surface area (Å²) in [6, 6.07) is 15.1. The normalized spacial score (nSPS) is 12.5. The van der Waals surface area contributed by atoms with Gasteiger partial charge in [-0.05, 0) is 12.1 Å². The van der Waals surface area contributed by atoms with Crippen LogP contribution < -0.4 is 5.32 Å². The summed E-state index contributed by atoms with van der Waals surface area (Å²) in [7, 11) is 0. The lowest BCUT2D eigenvalue weighted by molar-refractivity contribution is 0.102. The van der Waals surface area contributed by atoms with E-state index in [2.05, 4.69) is 38.5 Å². The number of nitrogens with one attached hydrogen (secondary N) is 1. The summed E-state index contributed by atoms with van der Waals surface area (Å²) in [6.07, 6.45) is 0. The summed E-state index contributed by atoms with van der Waals surface area (Å²) >= 11 is 2.08. The second kappa shape index (κ2) is 4.66. The van der Waals surface area contributed by atoms with Gasteiger partial charge >= 0.3 is 0 Å². The zero-order chi connectivity index (χ0) is 14.4. The lowest BCUT2D eigenvalue weighted by Gasteiger charge is -2.16. The maximum absolute atomic E-state index is 12.5. The molecule has 0 atom stereocenters. The molecule has 0 fully saturated rings. The fourth-order valence-corrected chi connectivity index (χ4v) is 3.13. The first kappa shape index (κ1) is 12.5. The molecule has 102 valence electrons. The molecule has 0 spiro atoms. The molecular weight excluding hydrogens is 379 g/mol. The van der Waals surface area contributed by atoms with E-state index in [4.69, 9.17) is 0 Å². The number of benzene rings is 2. The average molecular weight is 388 g/mol. The molecule has 6 heteroatoms. The van der Waals surface area contributed by atoms with Crippen molar-refractivity contribution in [3.8, 4) is 22.5 Å². The van der Waals surface area contributed by atoms with E-state index in [1.54, 1.807) is 2.90 Å². The lowest BCUT2D eigenvalue weighted by atomic mass is 9.97. The van der Waals surface area contributed by atoms with E-state index >= 15 is 0 Å². The monoisotopic (exact) mass is 388 g/mol. The average Bonchev–Trinajstić information content (AvgIpc) is 2.87. The molecule has 0 saturated heterocycles. The molecule has 0 saturated carbocycles. The Bertz CT molecular complexity index is 872. The number of fused-ring (bicyclic) bond motifs is 5. The number of amides is 1. The fraction of sp³-hybridized carbons (Fsp3) is 0. The first-order chi connectivity index (χ1) is 10.3. The smallest absolute Gasteiger partial charge is 0.256 e.